The van der Waals surface area contributed by atoms with Crippen LogP contribution in [-0.2, 0) is 10.0 Å². The Morgan fingerprint density at radius 2 is 1.95 bits per heavy atom. The monoisotopic (exact) mass is 395 g/mol. The fraction of sp³-hybridized carbons (Fsp3) is 0.0909. The summed E-state index contributed by atoms with van der Waals surface area (Å²) in [7, 11) is -3.67. The summed E-state index contributed by atoms with van der Waals surface area (Å²) in [5.74, 6) is 0.955. The molecule has 9 heteroatoms. The fourth-order valence-corrected chi connectivity index (χ4v) is 4.97. The summed E-state index contributed by atoms with van der Waals surface area (Å²) < 4.78 is 38.2. The number of halogens is 2. The smallest absolute Gasteiger partial charge is 0.271 e. The van der Waals surface area contributed by atoms with Crippen molar-refractivity contribution < 1.29 is 17.9 Å². The fourth-order valence-electron chi connectivity index (χ4n) is 1.63. The summed E-state index contributed by atoms with van der Waals surface area (Å²) in [6, 6.07) is 6.20. The predicted molar refractivity (Wildman–Crippen MR) is 80.4 cm³/mol. The van der Waals surface area contributed by atoms with Gasteiger partial charge in [0, 0.05) is 12.1 Å². The van der Waals surface area contributed by atoms with Crippen molar-refractivity contribution in [2.75, 3.05) is 11.5 Å². The van der Waals surface area contributed by atoms with E-state index in [4.69, 9.17) is 21.1 Å². The van der Waals surface area contributed by atoms with Gasteiger partial charge in [0.15, 0.2) is 11.5 Å². The van der Waals surface area contributed by atoms with Crippen LogP contribution in [0, 0.1) is 0 Å². The molecular formula is C11H7BrClNO4S2. The van der Waals surface area contributed by atoms with Crippen LogP contribution in [-0.4, -0.2) is 15.2 Å². The summed E-state index contributed by atoms with van der Waals surface area (Å²) in [5.41, 5.74) is 0.250. The van der Waals surface area contributed by atoms with E-state index in [1.54, 1.807) is 6.07 Å². The second kappa shape index (κ2) is 5.10. The van der Waals surface area contributed by atoms with Crippen LogP contribution in [0.3, 0.4) is 0 Å². The molecule has 1 N–H and O–H groups in total. The van der Waals surface area contributed by atoms with E-state index < -0.39 is 10.0 Å². The highest BCUT2D eigenvalue weighted by molar-refractivity contribution is 9.11. The van der Waals surface area contributed by atoms with Gasteiger partial charge in [0.1, 0.15) is 4.21 Å². The van der Waals surface area contributed by atoms with Crippen LogP contribution in [0.5, 0.6) is 11.5 Å². The lowest BCUT2D eigenvalue weighted by Crippen LogP contribution is -2.11. The minimum atomic E-state index is -3.67. The number of fused-ring (bicyclic) bond motifs is 1. The highest BCUT2D eigenvalue weighted by atomic mass is 79.9. The summed E-state index contributed by atoms with van der Waals surface area (Å²) in [5, 5.41) is 0.244. The third-order valence-corrected chi connectivity index (χ3v) is 6.31. The maximum Gasteiger partial charge on any atom is 0.271 e. The lowest BCUT2D eigenvalue weighted by atomic mass is 10.3. The topological polar surface area (TPSA) is 64.6 Å². The van der Waals surface area contributed by atoms with Crippen LogP contribution in [0.15, 0.2) is 32.3 Å². The van der Waals surface area contributed by atoms with Gasteiger partial charge in [-0.25, -0.2) is 8.42 Å². The largest absolute Gasteiger partial charge is 0.454 e. The molecule has 106 valence electrons. The van der Waals surface area contributed by atoms with Gasteiger partial charge in [-0.3, -0.25) is 4.72 Å². The molecule has 1 aliphatic rings. The van der Waals surface area contributed by atoms with Crippen LogP contribution in [0.4, 0.5) is 5.69 Å². The van der Waals surface area contributed by atoms with Crippen LogP contribution < -0.4 is 14.2 Å². The van der Waals surface area contributed by atoms with Crippen molar-refractivity contribution in [2.24, 2.45) is 0 Å². The quantitative estimate of drug-likeness (QED) is 0.859. The van der Waals surface area contributed by atoms with Gasteiger partial charge in [-0.2, -0.15) is 0 Å². The minimum absolute atomic E-state index is 0.0970. The molecule has 20 heavy (non-hydrogen) atoms. The standard InChI is InChI=1S/C11H7BrClNO4S2/c12-10-1-2-11(19-10)20(15,16)14-7-4-9-8(3-6(7)13)17-5-18-9/h1-4,14H,5H2. The molecule has 3 rings (SSSR count). The first-order chi connectivity index (χ1) is 9.45. The van der Waals surface area contributed by atoms with Gasteiger partial charge in [-0.05, 0) is 28.1 Å². The SMILES string of the molecule is O=S(=O)(Nc1cc2c(cc1Cl)OCO2)c1ccc(Br)s1. The van der Waals surface area contributed by atoms with E-state index in [1.165, 1.54) is 18.2 Å². The van der Waals surface area contributed by atoms with E-state index in [9.17, 15) is 8.42 Å². The van der Waals surface area contributed by atoms with Gasteiger partial charge in [0.25, 0.3) is 10.0 Å². The molecule has 1 aromatic carbocycles. The van der Waals surface area contributed by atoms with Crippen molar-refractivity contribution in [1.29, 1.82) is 0 Å². The highest BCUT2D eigenvalue weighted by Gasteiger charge is 2.21. The van der Waals surface area contributed by atoms with E-state index in [0.29, 0.717) is 11.5 Å². The second-order valence-electron chi connectivity index (χ2n) is 3.85. The number of ether oxygens (including phenoxy) is 2. The lowest BCUT2D eigenvalue weighted by molar-refractivity contribution is 0.174. The molecule has 0 fully saturated rings. The summed E-state index contributed by atoms with van der Waals surface area (Å²) >= 11 is 10.4. The maximum atomic E-state index is 12.2. The van der Waals surface area contributed by atoms with E-state index in [-0.39, 0.29) is 21.7 Å². The molecule has 5 nitrogen and oxygen atoms in total. The minimum Gasteiger partial charge on any atom is -0.454 e. The molecule has 0 atom stereocenters. The molecule has 0 saturated heterocycles. The molecule has 0 bridgehead atoms. The number of hydrogen-bond acceptors (Lipinski definition) is 5. The third kappa shape index (κ3) is 2.60. The van der Waals surface area contributed by atoms with Crippen LogP contribution in [0.2, 0.25) is 5.02 Å². The number of anilines is 1. The van der Waals surface area contributed by atoms with Crippen molar-refractivity contribution in [3.8, 4) is 11.5 Å². The van der Waals surface area contributed by atoms with Crippen molar-refractivity contribution in [2.45, 2.75) is 4.21 Å². The Balaban J connectivity index is 1.95. The second-order valence-corrected chi connectivity index (χ2v) is 8.63. The van der Waals surface area contributed by atoms with Crippen LogP contribution in [0.1, 0.15) is 0 Å². The third-order valence-electron chi connectivity index (χ3n) is 2.52. The Labute approximate surface area is 132 Å². The van der Waals surface area contributed by atoms with Gasteiger partial charge < -0.3 is 9.47 Å². The van der Waals surface area contributed by atoms with E-state index in [1.807, 2.05) is 0 Å². The molecule has 0 radical (unpaired) electrons. The molecule has 0 amide bonds. The van der Waals surface area contributed by atoms with Gasteiger partial charge in [-0.1, -0.05) is 11.6 Å². The summed E-state index contributed by atoms with van der Waals surface area (Å²) in [6.45, 7) is 0.0970. The maximum absolute atomic E-state index is 12.2. The molecular weight excluding hydrogens is 390 g/mol. The molecule has 0 unspecified atom stereocenters. The molecule has 0 aliphatic carbocycles. The van der Waals surface area contributed by atoms with Gasteiger partial charge in [0.05, 0.1) is 14.5 Å². The Morgan fingerprint density at radius 3 is 2.60 bits per heavy atom. The highest BCUT2D eigenvalue weighted by Crippen LogP contribution is 2.40. The van der Waals surface area contributed by atoms with E-state index >= 15 is 0 Å². The molecule has 2 heterocycles. The summed E-state index contributed by atoms with van der Waals surface area (Å²) in [6.07, 6.45) is 0. The first-order valence-corrected chi connectivity index (χ1v) is 8.80. The number of nitrogens with one attached hydrogen (secondary N) is 1. The van der Waals surface area contributed by atoms with E-state index in [0.717, 1.165) is 15.1 Å². The van der Waals surface area contributed by atoms with Crippen molar-refractivity contribution in [3.05, 3.63) is 33.1 Å². The number of hydrogen-bond donors (Lipinski definition) is 1. The van der Waals surface area contributed by atoms with Gasteiger partial charge in [-0.15, -0.1) is 11.3 Å². The average Bonchev–Trinajstić information content (AvgIpc) is 2.98. The summed E-state index contributed by atoms with van der Waals surface area (Å²) in [4.78, 5) is 0. The molecule has 0 saturated carbocycles. The molecule has 1 aromatic heterocycles. The van der Waals surface area contributed by atoms with Crippen molar-refractivity contribution >= 4 is 54.6 Å². The van der Waals surface area contributed by atoms with Crippen molar-refractivity contribution in [3.63, 3.8) is 0 Å². The first-order valence-electron chi connectivity index (χ1n) is 5.33. The Hall–Kier alpha value is -0.960. The number of rotatable bonds is 3. The van der Waals surface area contributed by atoms with E-state index in [2.05, 4.69) is 20.7 Å². The zero-order chi connectivity index (χ0) is 14.3. The normalized spacial score (nSPS) is 13.5. The first kappa shape index (κ1) is 14.0. The van der Waals surface area contributed by atoms with Gasteiger partial charge >= 0.3 is 0 Å². The number of sulfonamides is 1. The Morgan fingerprint density at radius 1 is 1.25 bits per heavy atom. The van der Waals surface area contributed by atoms with Crippen molar-refractivity contribution in [1.82, 2.24) is 0 Å². The van der Waals surface area contributed by atoms with Gasteiger partial charge in [0.2, 0.25) is 6.79 Å². The number of thiophene rings is 1. The average molecular weight is 397 g/mol. The zero-order valence-corrected chi connectivity index (χ0v) is 13.7. The lowest BCUT2D eigenvalue weighted by Gasteiger charge is -2.09. The van der Waals surface area contributed by atoms with Crippen LogP contribution >= 0.6 is 38.9 Å². The zero-order valence-electron chi connectivity index (χ0n) is 9.72. The Bertz CT molecular complexity index is 775. The predicted octanol–water partition coefficient (Wildman–Crippen LogP) is 3.69. The molecule has 0 spiro atoms. The molecule has 2 aromatic rings. The van der Waals surface area contributed by atoms with Crippen LogP contribution in [0.25, 0.3) is 0 Å². The molecule has 1 aliphatic heterocycles. The Kier molecular flexibility index (Phi) is 3.57. The number of benzene rings is 1.